The third-order valence-electron chi connectivity index (χ3n) is 5.97. The number of ether oxygens (including phenoxy) is 2. The zero-order valence-corrected chi connectivity index (χ0v) is 19.3. The summed E-state index contributed by atoms with van der Waals surface area (Å²) in [4.78, 5) is 17.6. The highest BCUT2D eigenvalue weighted by molar-refractivity contribution is 6.30. The van der Waals surface area contributed by atoms with Crippen molar-refractivity contribution in [2.75, 3.05) is 19.5 Å². The largest absolute Gasteiger partial charge is 0.493 e. The van der Waals surface area contributed by atoms with Gasteiger partial charge in [-0.25, -0.2) is 5.10 Å². The Hall–Kier alpha value is -3.98. The van der Waals surface area contributed by atoms with Crippen LogP contribution in [0.4, 0.5) is 5.69 Å². The minimum Gasteiger partial charge on any atom is -0.493 e. The normalized spacial score (nSPS) is 13.9. The number of rotatable bonds is 7. The minimum atomic E-state index is -0.638. The maximum Gasteiger partial charge on any atom is 0.236 e. The number of methoxy groups -OCH3 is 2. The van der Waals surface area contributed by atoms with Crippen molar-refractivity contribution in [2.45, 2.75) is 18.3 Å². The first-order chi connectivity index (χ1) is 16.5. The molecular formula is C24H21ClN6O3. The zero-order valence-electron chi connectivity index (χ0n) is 18.5. The molecule has 1 aliphatic carbocycles. The summed E-state index contributed by atoms with van der Waals surface area (Å²) >= 11 is 5.96. The van der Waals surface area contributed by atoms with Crippen molar-refractivity contribution in [3.05, 3.63) is 65.4 Å². The number of hydrogen-bond donors (Lipinski definition) is 2. The van der Waals surface area contributed by atoms with E-state index in [1.54, 1.807) is 32.5 Å². The third-order valence-corrected chi connectivity index (χ3v) is 6.20. The molecule has 0 atom stereocenters. The topological polar surface area (TPSA) is 115 Å². The number of nitrogens with zero attached hydrogens (tertiary/aromatic N) is 4. The quantitative estimate of drug-likeness (QED) is 0.409. The highest BCUT2D eigenvalue weighted by atomic mass is 35.5. The Bertz CT molecular complexity index is 1340. The predicted octanol–water partition coefficient (Wildman–Crippen LogP) is 4.27. The molecule has 2 aromatic heterocycles. The molecule has 34 heavy (non-hydrogen) atoms. The Morgan fingerprint density at radius 2 is 1.85 bits per heavy atom. The van der Waals surface area contributed by atoms with E-state index in [0.717, 1.165) is 35.2 Å². The smallest absolute Gasteiger partial charge is 0.236 e. The number of benzene rings is 2. The number of nitrogens with one attached hydrogen (secondary N) is 2. The SMILES string of the molecule is COc1ccc(-c2ccc(NC(=O)C3(c4ccc(Cl)cn4)CC3)cc2-c2nnn[nH]2)cc1OC. The van der Waals surface area contributed by atoms with Crippen LogP contribution in [0.1, 0.15) is 18.5 Å². The Morgan fingerprint density at radius 1 is 1.03 bits per heavy atom. The summed E-state index contributed by atoms with van der Waals surface area (Å²) in [6.45, 7) is 0. The number of amides is 1. The van der Waals surface area contributed by atoms with Crippen molar-refractivity contribution >= 4 is 23.2 Å². The molecule has 4 aromatic rings. The molecule has 1 aliphatic rings. The highest BCUT2D eigenvalue weighted by Crippen LogP contribution is 2.48. The lowest BCUT2D eigenvalue weighted by atomic mass is 9.97. The van der Waals surface area contributed by atoms with Gasteiger partial charge in [-0.1, -0.05) is 23.7 Å². The Labute approximate surface area is 200 Å². The van der Waals surface area contributed by atoms with Gasteiger partial charge in [-0.15, -0.1) is 5.10 Å². The summed E-state index contributed by atoms with van der Waals surface area (Å²) in [5.74, 6) is 1.60. The van der Waals surface area contributed by atoms with E-state index < -0.39 is 5.41 Å². The second kappa shape index (κ2) is 8.75. The van der Waals surface area contributed by atoms with Gasteiger partial charge in [0, 0.05) is 17.4 Å². The average molecular weight is 477 g/mol. The minimum absolute atomic E-state index is 0.108. The first kappa shape index (κ1) is 21.8. The Morgan fingerprint density at radius 3 is 2.50 bits per heavy atom. The molecule has 0 unspecified atom stereocenters. The Balaban J connectivity index is 1.49. The van der Waals surface area contributed by atoms with Gasteiger partial charge in [-0.3, -0.25) is 9.78 Å². The fourth-order valence-electron chi connectivity index (χ4n) is 3.98. The lowest BCUT2D eigenvalue weighted by Crippen LogP contribution is -2.28. The number of hydrogen-bond acceptors (Lipinski definition) is 7. The Kier molecular flexibility index (Phi) is 5.62. The summed E-state index contributed by atoms with van der Waals surface area (Å²) < 4.78 is 10.8. The molecule has 1 saturated carbocycles. The number of H-pyrrole nitrogens is 1. The van der Waals surface area contributed by atoms with Crippen LogP contribution in [0.3, 0.4) is 0 Å². The van der Waals surface area contributed by atoms with E-state index in [1.165, 1.54) is 0 Å². The molecule has 1 amide bonds. The van der Waals surface area contributed by atoms with Crippen LogP contribution >= 0.6 is 11.6 Å². The molecule has 10 heteroatoms. The van der Waals surface area contributed by atoms with Crippen LogP contribution in [-0.2, 0) is 10.2 Å². The molecule has 2 aromatic carbocycles. The molecule has 2 heterocycles. The first-order valence-corrected chi connectivity index (χ1v) is 11.0. The van der Waals surface area contributed by atoms with Crippen LogP contribution in [0.15, 0.2) is 54.7 Å². The van der Waals surface area contributed by atoms with Crippen molar-refractivity contribution in [3.63, 3.8) is 0 Å². The molecule has 0 bridgehead atoms. The molecule has 2 N–H and O–H groups in total. The van der Waals surface area contributed by atoms with Gasteiger partial charge < -0.3 is 14.8 Å². The van der Waals surface area contributed by atoms with Gasteiger partial charge in [0.1, 0.15) is 0 Å². The molecule has 0 spiro atoms. The van der Waals surface area contributed by atoms with Crippen LogP contribution in [0.25, 0.3) is 22.5 Å². The van der Waals surface area contributed by atoms with Crippen LogP contribution in [0, 0.1) is 0 Å². The monoisotopic (exact) mass is 476 g/mol. The molecular weight excluding hydrogens is 456 g/mol. The summed E-state index contributed by atoms with van der Waals surface area (Å²) in [6.07, 6.45) is 3.03. The number of aromatic nitrogens is 5. The summed E-state index contributed by atoms with van der Waals surface area (Å²) in [6, 6.07) is 14.8. The van der Waals surface area contributed by atoms with Gasteiger partial charge in [-0.05, 0) is 70.8 Å². The molecule has 0 aliphatic heterocycles. The zero-order chi connectivity index (χ0) is 23.7. The van der Waals surface area contributed by atoms with Gasteiger partial charge in [0.15, 0.2) is 17.3 Å². The van der Waals surface area contributed by atoms with E-state index >= 15 is 0 Å². The first-order valence-electron chi connectivity index (χ1n) is 10.6. The number of anilines is 1. The molecule has 0 radical (unpaired) electrons. The van der Waals surface area contributed by atoms with Crippen LogP contribution < -0.4 is 14.8 Å². The van der Waals surface area contributed by atoms with Gasteiger partial charge >= 0.3 is 0 Å². The number of aromatic amines is 1. The molecule has 0 saturated heterocycles. The fourth-order valence-corrected chi connectivity index (χ4v) is 4.09. The fraction of sp³-hybridized carbons (Fsp3) is 0.208. The van der Waals surface area contributed by atoms with Crippen molar-refractivity contribution in [1.29, 1.82) is 0 Å². The summed E-state index contributed by atoms with van der Waals surface area (Å²) in [5, 5.41) is 17.9. The number of pyridine rings is 1. The number of halogens is 1. The van der Waals surface area contributed by atoms with Crippen molar-refractivity contribution in [1.82, 2.24) is 25.6 Å². The standard InChI is InChI=1S/C24H21ClN6O3/c1-33-19-7-3-14(11-20(19)34-2)17-6-5-16(12-18(17)22-28-30-31-29-22)27-23(32)24(9-10-24)21-8-4-15(25)13-26-21/h3-8,11-13H,9-10H2,1-2H3,(H,27,32)(H,28,29,30,31). The maximum atomic E-state index is 13.2. The van der Waals surface area contributed by atoms with Crippen LogP contribution in [-0.4, -0.2) is 45.7 Å². The van der Waals surface area contributed by atoms with Crippen molar-refractivity contribution in [3.8, 4) is 34.0 Å². The number of tetrazole rings is 1. The number of carbonyl (C=O) groups is 1. The van der Waals surface area contributed by atoms with E-state index in [4.69, 9.17) is 21.1 Å². The van der Waals surface area contributed by atoms with Gasteiger partial charge in [0.2, 0.25) is 5.91 Å². The maximum absolute atomic E-state index is 13.2. The summed E-state index contributed by atoms with van der Waals surface area (Å²) in [5.41, 5.74) is 3.17. The molecule has 5 rings (SSSR count). The molecule has 1 fully saturated rings. The van der Waals surface area contributed by atoms with E-state index in [9.17, 15) is 4.79 Å². The van der Waals surface area contributed by atoms with E-state index in [-0.39, 0.29) is 5.91 Å². The lowest BCUT2D eigenvalue weighted by Gasteiger charge is -2.17. The second-order valence-electron chi connectivity index (χ2n) is 7.98. The van der Waals surface area contributed by atoms with E-state index in [2.05, 4.69) is 30.9 Å². The van der Waals surface area contributed by atoms with Gasteiger partial charge in [0.05, 0.1) is 30.4 Å². The van der Waals surface area contributed by atoms with E-state index in [0.29, 0.717) is 28.0 Å². The van der Waals surface area contributed by atoms with Crippen LogP contribution in [0.5, 0.6) is 11.5 Å². The molecule has 9 nitrogen and oxygen atoms in total. The van der Waals surface area contributed by atoms with Crippen molar-refractivity contribution in [2.24, 2.45) is 0 Å². The lowest BCUT2D eigenvalue weighted by molar-refractivity contribution is -0.118. The number of carbonyl (C=O) groups excluding carboxylic acids is 1. The summed E-state index contributed by atoms with van der Waals surface area (Å²) in [7, 11) is 3.18. The third kappa shape index (κ3) is 3.94. The highest BCUT2D eigenvalue weighted by Gasteiger charge is 2.52. The van der Waals surface area contributed by atoms with Gasteiger partial charge in [-0.2, -0.15) is 0 Å². The van der Waals surface area contributed by atoms with Crippen molar-refractivity contribution < 1.29 is 14.3 Å². The van der Waals surface area contributed by atoms with Crippen LogP contribution in [0.2, 0.25) is 5.02 Å². The molecule has 172 valence electrons. The second-order valence-corrected chi connectivity index (χ2v) is 8.41. The predicted molar refractivity (Wildman–Crippen MR) is 127 cm³/mol. The average Bonchev–Trinajstić information content (AvgIpc) is 3.50. The van der Waals surface area contributed by atoms with E-state index in [1.807, 2.05) is 36.4 Å². The van der Waals surface area contributed by atoms with Gasteiger partial charge in [0.25, 0.3) is 0 Å².